The van der Waals surface area contributed by atoms with Crippen molar-refractivity contribution < 1.29 is 5.11 Å². The van der Waals surface area contributed by atoms with E-state index in [2.05, 4.69) is 21.2 Å². The molecule has 0 radical (unpaired) electrons. The summed E-state index contributed by atoms with van der Waals surface area (Å²) in [5.41, 5.74) is 1.01. The van der Waals surface area contributed by atoms with Crippen molar-refractivity contribution in [3.05, 3.63) is 28.2 Å². The molecule has 0 bridgehead atoms. The van der Waals surface area contributed by atoms with Crippen LogP contribution < -0.4 is 5.32 Å². The van der Waals surface area contributed by atoms with E-state index < -0.39 is 0 Å². The van der Waals surface area contributed by atoms with E-state index in [1.807, 2.05) is 12.1 Å². The lowest BCUT2D eigenvalue weighted by Crippen LogP contribution is -2.12. The summed E-state index contributed by atoms with van der Waals surface area (Å²) in [5.74, 6) is 0.383. The Morgan fingerprint density at radius 3 is 2.79 bits per heavy atom. The van der Waals surface area contributed by atoms with Crippen LogP contribution in [-0.2, 0) is 0 Å². The molecule has 2 nitrogen and oxygen atoms in total. The lowest BCUT2D eigenvalue weighted by atomic mass is 10.0. The van der Waals surface area contributed by atoms with Gasteiger partial charge >= 0.3 is 0 Å². The molecule has 1 aromatic carbocycles. The van der Waals surface area contributed by atoms with Crippen molar-refractivity contribution >= 4 is 28.3 Å². The Morgan fingerprint density at radius 1 is 1.43 bits per heavy atom. The van der Waals surface area contributed by atoms with Gasteiger partial charge in [-0.3, -0.25) is 0 Å². The van der Waals surface area contributed by atoms with Gasteiger partial charge in [-0.2, -0.15) is 0 Å². The fourth-order valence-electron chi connectivity index (χ4n) is 1.76. The topological polar surface area (TPSA) is 32.3 Å². The van der Waals surface area contributed by atoms with Gasteiger partial charge in [-0.05, 0) is 31.5 Å². The fraction of sp³-hybridized carbons (Fsp3) is 0.400. The molecule has 78 valence electrons. The number of rotatable bonds is 1. The first-order valence-electron chi connectivity index (χ1n) is 4.49. The highest BCUT2D eigenvalue weighted by Gasteiger charge is 2.18. The summed E-state index contributed by atoms with van der Waals surface area (Å²) in [6.45, 7) is 1.06. The minimum Gasteiger partial charge on any atom is -0.508 e. The molecule has 2 N–H and O–H groups in total. The molecule has 1 saturated heterocycles. The van der Waals surface area contributed by atoms with Crippen LogP contribution in [0, 0.1) is 0 Å². The van der Waals surface area contributed by atoms with Gasteiger partial charge in [-0.1, -0.05) is 22.0 Å². The molecule has 1 aromatic rings. The number of aromatic hydroxyl groups is 1. The molecule has 0 unspecified atom stereocenters. The Kier molecular flexibility index (Phi) is 4.23. The number of hydrogen-bond donors (Lipinski definition) is 2. The van der Waals surface area contributed by atoms with Crippen LogP contribution in [0.25, 0.3) is 0 Å². The zero-order valence-corrected chi connectivity index (χ0v) is 10.1. The highest BCUT2D eigenvalue weighted by molar-refractivity contribution is 9.10. The van der Waals surface area contributed by atoms with Crippen LogP contribution in [-0.4, -0.2) is 11.7 Å². The second kappa shape index (κ2) is 5.01. The molecule has 0 aliphatic carbocycles. The number of phenolic OH excluding ortho intramolecular Hbond substituents is 1. The van der Waals surface area contributed by atoms with Gasteiger partial charge < -0.3 is 10.4 Å². The molecule has 0 amide bonds. The van der Waals surface area contributed by atoms with Gasteiger partial charge in [-0.15, -0.1) is 12.4 Å². The first kappa shape index (κ1) is 11.8. The summed E-state index contributed by atoms with van der Waals surface area (Å²) in [7, 11) is 0. The summed E-state index contributed by atoms with van der Waals surface area (Å²) < 4.78 is 0.923. The second-order valence-corrected chi connectivity index (χ2v) is 4.27. The predicted octanol–water partition coefficient (Wildman–Crippen LogP) is 3.00. The maximum Gasteiger partial charge on any atom is 0.121 e. The van der Waals surface area contributed by atoms with E-state index >= 15 is 0 Å². The van der Waals surface area contributed by atoms with Crippen LogP contribution in [0.1, 0.15) is 24.4 Å². The molecule has 1 heterocycles. The largest absolute Gasteiger partial charge is 0.508 e. The average molecular weight is 279 g/mol. The van der Waals surface area contributed by atoms with Gasteiger partial charge in [-0.25, -0.2) is 0 Å². The van der Waals surface area contributed by atoms with E-state index in [9.17, 15) is 5.11 Å². The van der Waals surface area contributed by atoms with Crippen LogP contribution >= 0.6 is 28.3 Å². The maximum atomic E-state index is 9.68. The number of benzene rings is 1. The van der Waals surface area contributed by atoms with Crippen LogP contribution in [0.15, 0.2) is 22.7 Å². The van der Waals surface area contributed by atoms with Crippen molar-refractivity contribution in [3.63, 3.8) is 0 Å². The Morgan fingerprint density at radius 2 is 2.21 bits per heavy atom. The SMILES string of the molecule is Cl.Oc1cc(Br)ccc1[C@H]1CCCN1. The normalized spacial score (nSPS) is 20.5. The highest BCUT2D eigenvalue weighted by Crippen LogP contribution is 2.31. The molecular weight excluding hydrogens is 265 g/mol. The van der Waals surface area contributed by atoms with Crippen molar-refractivity contribution in [1.82, 2.24) is 5.32 Å². The molecule has 0 saturated carbocycles. The quantitative estimate of drug-likeness (QED) is 0.828. The molecule has 2 rings (SSSR count). The summed E-state index contributed by atoms with van der Waals surface area (Å²) in [4.78, 5) is 0. The van der Waals surface area contributed by atoms with Crippen molar-refractivity contribution in [3.8, 4) is 5.75 Å². The Labute approximate surface area is 98.3 Å². The van der Waals surface area contributed by atoms with Crippen molar-refractivity contribution in [1.29, 1.82) is 0 Å². The minimum atomic E-state index is 0. The first-order valence-corrected chi connectivity index (χ1v) is 5.28. The third kappa shape index (κ3) is 2.41. The van der Waals surface area contributed by atoms with Gasteiger partial charge in [0.2, 0.25) is 0 Å². The summed E-state index contributed by atoms with van der Waals surface area (Å²) in [6, 6.07) is 6.03. The van der Waals surface area contributed by atoms with E-state index in [0.717, 1.165) is 23.0 Å². The molecule has 4 heteroatoms. The summed E-state index contributed by atoms with van der Waals surface area (Å²) >= 11 is 3.32. The molecular formula is C10H13BrClNO. The van der Waals surface area contributed by atoms with E-state index in [0.29, 0.717) is 11.8 Å². The van der Waals surface area contributed by atoms with Crippen molar-refractivity contribution in [2.75, 3.05) is 6.54 Å². The van der Waals surface area contributed by atoms with Gasteiger partial charge in [0, 0.05) is 16.1 Å². The fourth-order valence-corrected chi connectivity index (χ4v) is 2.11. The van der Waals surface area contributed by atoms with Crippen LogP contribution in [0.2, 0.25) is 0 Å². The van der Waals surface area contributed by atoms with E-state index in [1.165, 1.54) is 6.42 Å². The van der Waals surface area contributed by atoms with Crippen molar-refractivity contribution in [2.45, 2.75) is 18.9 Å². The van der Waals surface area contributed by atoms with Gasteiger partial charge in [0.25, 0.3) is 0 Å². The monoisotopic (exact) mass is 277 g/mol. The second-order valence-electron chi connectivity index (χ2n) is 3.35. The zero-order chi connectivity index (χ0) is 9.26. The van der Waals surface area contributed by atoms with Gasteiger partial charge in [0.1, 0.15) is 5.75 Å². The number of phenols is 1. The van der Waals surface area contributed by atoms with Crippen molar-refractivity contribution in [2.24, 2.45) is 0 Å². The van der Waals surface area contributed by atoms with E-state index in [-0.39, 0.29) is 12.4 Å². The standard InChI is InChI=1S/C10H12BrNO.ClH/c11-7-3-4-8(10(13)6-7)9-2-1-5-12-9;/h3-4,6,9,12-13H,1-2,5H2;1H/t9-;/m1./s1. The predicted molar refractivity (Wildman–Crippen MR) is 63.0 cm³/mol. The number of halogens is 2. The lowest BCUT2D eigenvalue weighted by Gasteiger charge is -2.12. The van der Waals surface area contributed by atoms with Crippen LogP contribution in [0.4, 0.5) is 0 Å². The molecule has 0 aromatic heterocycles. The molecule has 1 aliphatic rings. The third-order valence-corrected chi connectivity index (χ3v) is 2.92. The molecule has 1 fully saturated rings. The Balaban J connectivity index is 0.000000980. The summed E-state index contributed by atoms with van der Waals surface area (Å²) in [5, 5.41) is 13.0. The molecule has 1 aliphatic heterocycles. The maximum absolute atomic E-state index is 9.68. The molecule has 1 atom stereocenters. The first-order chi connectivity index (χ1) is 6.27. The zero-order valence-electron chi connectivity index (χ0n) is 7.66. The highest BCUT2D eigenvalue weighted by atomic mass is 79.9. The molecule has 14 heavy (non-hydrogen) atoms. The van der Waals surface area contributed by atoms with Crippen LogP contribution in [0.3, 0.4) is 0 Å². The lowest BCUT2D eigenvalue weighted by molar-refractivity contribution is 0.456. The van der Waals surface area contributed by atoms with E-state index in [1.54, 1.807) is 6.07 Å². The molecule has 0 spiro atoms. The Bertz CT molecular complexity index is 313. The smallest absolute Gasteiger partial charge is 0.121 e. The van der Waals surface area contributed by atoms with Gasteiger partial charge in [0.05, 0.1) is 0 Å². The van der Waals surface area contributed by atoms with E-state index in [4.69, 9.17) is 0 Å². The average Bonchev–Trinajstić information content (AvgIpc) is 2.56. The number of nitrogens with one attached hydrogen (secondary N) is 1. The summed E-state index contributed by atoms with van der Waals surface area (Å²) in [6.07, 6.45) is 2.31. The number of hydrogen-bond acceptors (Lipinski definition) is 2. The minimum absolute atomic E-state index is 0. The third-order valence-electron chi connectivity index (χ3n) is 2.43. The van der Waals surface area contributed by atoms with Gasteiger partial charge in [0.15, 0.2) is 0 Å². The Hall–Kier alpha value is -0.250. The van der Waals surface area contributed by atoms with Crippen LogP contribution in [0.5, 0.6) is 5.75 Å².